The Labute approximate surface area is 126 Å². The molecular weight excluding hydrogens is 262 g/mol. The molecule has 0 aliphatic rings. The zero-order valence-corrected chi connectivity index (χ0v) is 12.9. The second-order valence-electron chi connectivity index (χ2n) is 5.41. The van der Waals surface area contributed by atoms with Gasteiger partial charge in [0.1, 0.15) is 0 Å². The summed E-state index contributed by atoms with van der Waals surface area (Å²) in [5.74, 6) is 1.74. The Morgan fingerprint density at radius 1 is 1.10 bits per heavy atom. The molecule has 1 aromatic carbocycles. The van der Waals surface area contributed by atoms with E-state index >= 15 is 0 Å². The van der Waals surface area contributed by atoms with Crippen molar-refractivity contribution in [2.75, 3.05) is 11.9 Å². The number of benzene rings is 1. The van der Waals surface area contributed by atoms with E-state index in [1.807, 2.05) is 19.9 Å². The van der Waals surface area contributed by atoms with Gasteiger partial charge in [0, 0.05) is 18.8 Å². The molecule has 0 saturated carbocycles. The van der Waals surface area contributed by atoms with Crippen LogP contribution in [0.1, 0.15) is 38.7 Å². The Balaban J connectivity index is 1.83. The zero-order valence-electron chi connectivity index (χ0n) is 12.9. The molecule has 1 aromatic heterocycles. The van der Waals surface area contributed by atoms with E-state index < -0.39 is 0 Å². The zero-order chi connectivity index (χ0) is 15.1. The van der Waals surface area contributed by atoms with Crippen molar-refractivity contribution in [1.29, 1.82) is 0 Å². The molecule has 2 aromatic rings. The minimum Gasteiger partial charge on any atom is -0.475 e. The van der Waals surface area contributed by atoms with Crippen LogP contribution < -0.4 is 10.1 Å². The van der Waals surface area contributed by atoms with Crippen LogP contribution in [0.3, 0.4) is 0 Å². The Morgan fingerprint density at radius 3 is 2.57 bits per heavy atom. The number of nitrogens with zero attached hydrogens (tertiary/aromatic N) is 2. The first-order chi connectivity index (χ1) is 10.1. The Kier molecular flexibility index (Phi) is 5.55. The Hall–Kier alpha value is -2.10. The minimum atomic E-state index is 0.117. The first kappa shape index (κ1) is 15.3. The molecule has 0 radical (unpaired) electrons. The number of anilines is 1. The summed E-state index contributed by atoms with van der Waals surface area (Å²) < 4.78 is 5.56. The van der Waals surface area contributed by atoms with Gasteiger partial charge in [-0.25, -0.2) is 4.98 Å². The van der Waals surface area contributed by atoms with Crippen LogP contribution in [-0.2, 0) is 0 Å². The summed E-state index contributed by atoms with van der Waals surface area (Å²) in [5.41, 5.74) is 1.36. The molecule has 0 spiro atoms. The fraction of sp³-hybridized carbons (Fsp3) is 0.412. The van der Waals surface area contributed by atoms with Crippen molar-refractivity contribution in [3.05, 3.63) is 48.2 Å². The van der Waals surface area contributed by atoms with E-state index in [0.29, 0.717) is 17.7 Å². The maximum Gasteiger partial charge on any atom is 0.225 e. The van der Waals surface area contributed by atoms with Crippen LogP contribution in [0.2, 0.25) is 0 Å². The van der Waals surface area contributed by atoms with Crippen molar-refractivity contribution in [1.82, 2.24) is 9.97 Å². The van der Waals surface area contributed by atoms with Crippen molar-refractivity contribution in [3.63, 3.8) is 0 Å². The topological polar surface area (TPSA) is 47.0 Å². The van der Waals surface area contributed by atoms with Gasteiger partial charge in [0.25, 0.3) is 0 Å². The van der Waals surface area contributed by atoms with E-state index in [2.05, 4.69) is 46.5 Å². The summed E-state index contributed by atoms with van der Waals surface area (Å²) in [6, 6.07) is 12.3. The molecule has 2 rings (SSSR count). The Bertz CT molecular complexity index is 543. The molecule has 0 saturated heterocycles. The van der Waals surface area contributed by atoms with Crippen LogP contribution in [0, 0.1) is 0 Å². The average molecular weight is 285 g/mol. The first-order valence-corrected chi connectivity index (χ1v) is 7.43. The van der Waals surface area contributed by atoms with Crippen molar-refractivity contribution in [3.8, 4) is 5.88 Å². The lowest BCUT2D eigenvalue weighted by molar-refractivity contribution is 0.232. The number of rotatable bonds is 7. The second-order valence-corrected chi connectivity index (χ2v) is 5.41. The third-order valence-electron chi connectivity index (χ3n) is 3.22. The van der Waals surface area contributed by atoms with Crippen LogP contribution in [0.5, 0.6) is 5.88 Å². The molecule has 1 heterocycles. The molecule has 21 heavy (non-hydrogen) atoms. The smallest absolute Gasteiger partial charge is 0.225 e. The standard InChI is InChI=1S/C17H23N3O/c1-13(2)21-16-10-12-19-17(20-16)18-11-9-14(3)15-7-5-4-6-8-15/h4-8,10,12-14H,9,11H2,1-3H3,(H,18,19,20). The van der Waals surface area contributed by atoms with Gasteiger partial charge in [-0.15, -0.1) is 0 Å². The van der Waals surface area contributed by atoms with E-state index in [9.17, 15) is 0 Å². The molecule has 0 aliphatic carbocycles. The number of hydrogen-bond donors (Lipinski definition) is 1. The third kappa shape index (κ3) is 5.06. The van der Waals surface area contributed by atoms with Crippen LogP contribution in [-0.4, -0.2) is 22.6 Å². The quantitative estimate of drug-likeness (QED) is 0.839. The Morgan fingerprint density at radius 2 is 1.86 bits per heavy atom. The molecular formula is C17H23N3O. The lowest BCUT2D eigenvalue weighted by Crippen LogP contribution is -2.11. The highest BCUT2D eigenvalue weighted by atomic mass is 16.5. The van der Waals surface area contributed by atoms with E-state index in [1.165, 1.54) is 5.56 Å². The molecule has 112 valence electrons. The van der Waals surface area contributed by atoms with Crippen LogP contribution in [0.4, 0.5) is 5.95 Å². The molecule has 4 nitrogen and oxygen atoms in total. The predicted molar refractivity (Wildman–Crippen MR) is 85.8 cm³/mol. The monoisotopic (exact) mass is 285 g/mol. The van der Waals surface area contributed by atoms with Crippen molar-refractivity contribution >= 4 is 5.95 Å². The summed E-state index contributed by atoms with van der Waals surface area (Å²) in [6.45, 7) is 7.03. The van der Waals surface area contributed by atoms with E-state index in [4.69, 9.17) is 4.74 Å². The lowest BCUT2D eigenvalue weighted by atomic mass is 9.98. The van der Waals surface area contributed by atoms with Gasteiger partial charge in [-0.05, 0) is 31.7 Å². The summed E-state index contributed by atoms with van der Waals surface area (Å²) in [4.78, 5) is 8.55. The summed E-state index contributed by atoms with van der Waals surface area (Å²) in [5, 5.41) is 3.26. The van der Waals surface area contributed by atoms with Gasteiger partial charge >= 0.3 is 0 Å². The van der Waals surface area contributed by atoms with E-state index in [-0.39, 0.29) is 6.10 Å². The second kappa shape index (κ2) is 7.62. The third-order valence-corrected chi connectivity index (χ3v) is 3.22. The molecule has 0 amide bonds. The van der Waals surface area contributed by atoms with Gasteiger partial charge < -0.3 is 10.1 Å². The van der Waals surface area contributed by atoms with Crippen LogP contribution in [0.15, 0.2) is 42.6 Å². The molecule has 4 heteroatoms. The van der Waals surface area contributed by atoms with Crippen molar-refractivity contribution in [2.24, 2.45) is 0 Å². The molecule has 0 bridgehead atoms. The van der Waals surface area contributed by atoms with Crippen LogP contribution >= 0.6 is 0 Å². The number of hydrogen-bond acceptors (Lipinski definition) is 4. The first-order valence-electron chi connectivity index (χ1n) is 7.43. The van der Waals surface area contributed by atoms with Gasteiger partial charge in [0.05, 0.1) is 6.10 Å². The summed E-state index contributed by atoms with van der Waals surface area (Å²) in [7, 11) is 0. The van der Waals surface area contributed by atoms with Gasteiger partial charge in [0.15, 0.2) is 0 Å². The fourth-order valence-electron chi connectivity index (χ4n) is 2.08. The number of ether oxygens (including phenoxy) is 1. The molecule has 1 N–H and O–H groups in total. The highest BCUT2D eigenvalue weighted by Crippen LogP contribution is 2.18. The van der Waals surface area contributed by atoms with Crippen molar-refractivity contribution < 1.29 is 4.74 Å². The fourth-order valence-corrected chi connectivity index (χ4v) is 2.08. The van der Waals surface area contributed by atoms with E-state index in [1.54, 1.807) is 12.3 Å². The predicted octanol–water partition coefficient (Wildman–Crippen LogP) is 3.87. The number of nitrogens with one attached hydrogen (secondary N) is 1. The van der Waals surface area contributed by atoms with Crippen LogP contribution in [0.25, 0.3) is 0 Å². The highest BCUT2D eigenvalue weighted by molar-refractivity contribution is 5.27. The lowest BCUT2D eigenvalue weighted by Gasteiger charge is -2.13. The van der Waals surface area contributed by atoms with Gasteiger partial charge in [-0.2, -0.15) is 4.98 Å². The number of aromatic nitrogens is 2. The highest BCUT2D eigenvalue weighted by Gasteiger charge is 2.06. The average Bonchev–Trinajstić information content (AvgIpc) is 2.48. The van der Waals surface area contributed by atoms with Gasteiger partial charge in [-0.3, -0.25) is 0 Å². The maximum atomic E-state index is 5.56. The van der Waals surface area contributed by atoms with Crippen molar-refractivity contribution in [2.45, 2.75) is 39.2 Å². The normalized spacial score (nSPS) is 12.2. The summed E-state index contributed by atoms with van der Waals surface area (Å²) >= 11 is 0. The largest absolute Gasteiger partial charge is 0.475 e. The van der Waals surface area contributed by atoms with Gasteiger partial charge in [-0.1, -0.05) is 37.3 Å². The summed E-state index contributed by atoms with van der Waals surface area (Å²) in [6.07, 6.45) is 2.86. The molecule has 1 unspecified atom stereocenters. The molecule has 0 fully saturated rings. The minimum absolute atomic E-state index is 0.117. The molecule has 1 atom stereocenters. The maximum absolute atomic E-state index is 5.56. The molecule has 0 aliphatic heterocycles. The SMILES string of the molecule is CC(C)Oc1ccnc(NCCC(C)c2ccccc2)n1. The van der Waals surface area contributed by atoms with E-state index in [0.717, 1.165) is 13.0 Å². The van der Waals surface area contributed by atoms with Gasteiger partial charge in [0.2, 0.25) is 11.8 Å².